The molecule has 4 aromatic rings. The van der Waals surface area contributed by atoms with Crippen LogP contribution in [0, 0.1) is 0 Å². The van der Waals surface area contributed by atoms with Gasteiger partial charge in [0, 0.05) is 6.04 Å². The van der Waals surface area contributed by atoms with Gasteiger partial charge in [-0.05, 0) is 36.6 Å². The molecule has 220 valence electrons. The highest BCUT2D eigenvalue weighted by Crippen LogP contribution is 2.41. The van der Waals surface area contributed by atoms with Crippen molar-refractivity contribution in [2.75, 3.05) is 11.9 Å². The number of aromatic nitrogens is 4. The van der Waals surface area contributed by atoms with E-state index in [1.807, 2.05) is 42.5 Å². The van der Waals surface area contributed by atoms with Crippen LogP contribution in [0.5, 0.6) is 5.75 Å². The molecule has 2 aliphatic heterocycles. The number of carbonyl (C=O) groups is 2. The van der Waals surface area contributed by atoms with Gasteiger partial charge in [-0.25, -0.2) is 24.5 Å². The minimum Gasteiger partial charge on any atom is -0.490 e. The fourth-order valence-corrected chi connectivity index (χ4v) is 5.19. The van der Waals surface area contributed by atoms with Crippen LogP contribution in [-0.2, 0) is 14.2 Å². The van der Waals surface area contributed by atoms with Gasteiger partial charge in [0.25, 0.3) is 0 Å². The lowest BCUT2D eigenvalue weighted by Crippen LogP contribution is -2.33. The van der Waals surface area contributed by atoms with Crippen LogP contribution in [0.4, 0.5) is 10.6 Å². The van der Waals surface area contributed by atoms with E-state index in [4.69, 9.17) is 18.9 Å². The summed E-state index contributed by atoms with van der Waals surface area (Å²) in [6.45, 7) is 0.0101. The highest BCUT2D eigenvalue weighted by Gasteiger charge is 2.53. The molecule has 3 N–H and O–H groups in total. The number of hydrogen-bond acceptors (Lipinski definition) is 9. The molecule has 0 bridgehead atoms. The number of anilines is 1. The number of carboxylic acid groups (broad SMARTS) is 1. The van der Waals surface area contributed by atoms with E-state index < -0.39 is 36.8 Å². The monoisotopic (exact) mass is 584 g/mol. The van der Waals surface area contributed by atoms with Gasteiger partial charge >= 0.3 is 12.0 Å². The van der Waals surface area contributed by atoms with Crippen molar-refractivity contribution in [3.63, 3.8) is 0 Å². The number of nitrogens with one attached hydrogen (secondary N) is 2. The molecule has 13 heteroatoms. The molecule has 13 nitrogen and oxygen atoms in total. The average molecular weight is 585 g/mol. The quantitative estimate of drug-likeness (QED) is 0.265. The lowest BCUT2D eigenvalue weighted by Gasteiger charge is -2.21. The molecule has 43 heavy (non-hydrogen) atoms. The van der Waals surface area contributed by atoms with Crippen LogP contribution in [0.1, 0.15) is 35.0 Å². The van der Waals surface area contributed by atoms with Crippen LogP contribution in [0.3, 0.4) is 0 Å². The molecule has 4 heterocycles. The number of aromatic carboxylic acids is 1. The summed E-state index contributed by atoms with van der Waals surface area (Å²) in [6.07, 6.45) is 5.46. The lowest BCUT2D eigenvalue weighted by atomic mass is 10.1. The van der Waals surface area contributed by atoms with Crippen LogP contribution < -0.4 is 15.4 Å². The number of hydrogen-bond donors (Lipinski definition) is 3. The van der Waals surface area contributed by atoms with Gasteiger partial charge in [-0.3, -0.25) is 9.88 Å². The van der Waals surface area contributed by atoms with Crippen molar-refractivity contribution in [3.8, 4) is 5.75 Å². The number of urea groups is 1. The summed E-state index contributed by atoms with van der Waals surface area (Å²) in [4.78, 5) is 37.2. The van der Waals surface area contributed by atoms with Gasteiger partial charge in [0.1, 0.15) is 42.6 Å². The molecule has 7 rings (SSSR count). The zero-order valence-corrected chi connectivity index (χ0v) is 22.8. The first-order valence-electron chi connectivity index (χ1n) is 13.9. The van der Waals surface area contributed by atoms with Crippen molar-refractivity contribution in [3.05, 3.63) is 84.5 Å². The Labute approximate surface area is 245 Å². The number of amides is 2. The van der Waals surface area contributed by atoms with E-state index >= 15 is 0 Å². The number of carbonyl (C=O) groups excluding carboxylic acids is 1. The lowest BCUT2D eigenvalue weighted by molar-refractivity contribution is -0.131. The molecule has 3 fully saturated rings. The van der Waals surface area contributed by atoms with E-state index in [0.29, 0.717) is 11.2 Å². The number of rotatable bonds is 9. The molecule has 0 radical (unpaired) electrons. The first kappa shape index (κ1) is 27.0. The summed E-state index contributed by atoms with van der Waals surface area (Å²) in [5.74, 6) is -0.599. The third-order valence-electron chi connectivity index (χ3n) is 7.41. The predicted octanol–water partition coefficient (Wildman–Crippen LogP) is 3.61. The molecular weight excluding hydrogens is 556 g/mol. The normalized spacial score (nSPS) is 24.7. The number of imidazole rings is 1. The summed E-state index contributed by atoms with van der Waals surface area (Å²) >= 11 is 0. The van der Waals surface area contributed by atoms with E-state index in [2.05, 4.69) is 25.6 Å². The minimum absolute atomic E-state index is 0.0101. The summed E-state index contributed by atoms with van der Waals surface area (Å²) in [5.41, 5.74) is 1.87. The topological polar surface area (TPSA) is 159 Å². The Morgan fingerprint density at radius 2 is 1.79 bits per heavy atom. The van der Waals surface area contributed by atoms with E-state index in [9.17, 15) is 14.7 Å². The number of carboxylic acids is 1. The maximum atomic E-state index is 12.4. The van der Waals surface area contributed by atoms with Crippen molar-refractivity contribution >= 4 is 35.1 Å². The van der Waals surface area contributed by atoms with Crippen molar-refractivity contribution in [1.82, 2.24) is 24.8 Å². The summed E-state index contributed by atoms with van der Waals surface area (Å²) in [5, 5.41) is 15.2. The highest BCUT2D eigenvalue weighted by atomic mass is 16.8. The number of nitrogens with zero attached hydrogens (tertiary/aromatic N) is 4. The molecule has 2 saturated heterocycles. The Hall–Kier alpha value is -4.85. The Bertz CT molecular complexity index is 1670. The average Bonchev–Trinajstić information content (AvgIpc) is 3.42. The van der Waals surface area contributed by atoms with Crippen LogP contribution in [0.25, 0.3) is 17.2 Å². The second kappa shape index (κ2) is 11.4. The molecule has 0 spiro atoms. The Morgan fingerprint density at radius 1 is 1.00 bits per heavy atom. The second-order valence-electron chi connectivity index (χ2n) is 10.4. The van der Waals surface area contributed by atoms with Gasteiger partial charge in [0.15, 0.2) is 29.5 Å². The van der Waals surface area contributed by atoms with Crippen molar-refractivity contribution < 1.29 is 33.6 Å². The third-order valence-corrected chi connectivity index (χ3v) is 7.41. The van der Waals surface area contributed by atoms with Gasteiger partial charge in [0.05, 0.1) is 6.33 Å². The van der Waals surface area contributed by atoms with Crippen molar-refractivity contribution in [2.24, 2.45) is 0 Å². The molecule has 1 saturated carbocycles. The number of ether oxygens (including phenoxy) is 4. The van der Waals surface area contributed by atoms with Gasteiger partial charge in [-0.1, -0.05) is 48.5 Å². The van der Waals surface area contributed by atoms with E-state index in [1.165, 1.54) is 12.4 Å². The zero-order chi connectivity index (χ0) is 29.3. The van der Waals surface area contributed by atoms with Crippen LogP contribution in [0.2, 0.25) is 0 Å². The van der Waals surface area contributed by atoms with Crippen LogP contribution in [-0.4, -0.2) is 73.9 Å². The van der Waals surface area contributed by atoms with Gasteiger partial charge in [-0.2, -0.15) is 0 Å². The molecule has 2 amide bonds. The smallest absolute Gasteiger partial charge is 0.339 e. The van der Waals surface area contributed by atoms with E-state index in [-0.39, 0.29) is 35.8 Å². The fraction of sp³-hybridized carbons (Fsp3) is 0.300. The standard InChI is InChI=1S/C30H28N6O7/c37-29(38)19-8-4-5-9-20(19)40-14-21-24-25(43-22(42-24)13-10-17-6-2-1-3-7-17)28(41-21)36-16-33-23-26(31-15-32-27(23)36)35-30(39)34-18-11-12-18/h1-10,13,15-16,18,21-22,24-25,28H,11-12,14H2,(H,37,38)(H2,31,32,34,35,39)/b13-10+/t21?,22-,24?,25?,28?/m0/s1. The molecule has 2 aromatic carbocycles. The highest BCUT2D eigenvalue weighted by molar-refractivity contribution is 5.96. The largest absolute Gasteiger partial charge is 0.490 e. The summed E-state index contributed by atoms with van der Waals surface area (Å²) < 4.78 is 26.7. The number of para-hydroxylation sites is 1. The zero-order valence-electron chi connectivity index (χ0n) is 22.8. The predicted molar refractivity (Wildman–Crippen MR) is 152 cm³/mol. The SMILES string of the molecule is O=C(Nc1ncnc2c1ncn2C1OC(COc2ccccc2C(=O)O)C2O[C@H](/C=C/c3ccccc3)OC21)NC1CC1. The van der Waals surface area contributed by atoms with Crippen molar-refractivity contribution in [1.29, 1.82) is 0 Å². The number of benzene rings is 2. The fourth-order valence-electron chi connectivity index (χ4n) is 5.19. The minimum atomic E-state index is -1.09. The molecular formula is C30H28N6O7. The van der Waals surface area contributed by atoms with Gasteiger partial charge in [0.2, 0.25) is 0 Å². The van der Waals surface area contributed by atoms with E-state index in [0.717, 1.165) is 18.4 Å². The van der Waals surface area contributed by atoms with Gasteiger partial charge < -0.3 is 29.4 Å². The van der Waals surface area contributed by atoms with Gasteiger partial charge in [-0.15, -0.1) is 0 Å². The van der Waals surface area contributed by atoms with Crippen LogP contribution >= 0.6 is 0 Å². The van der Waals surface area contributed by atoms with Crippen LogP contribution in [0.15, 0.2) is 73.3 Å². The molecule has 2 aromatic heterocycles. The Kier molecular flexibility index (Phi) is 7.19. The first-order valence-corrected chi connectivity index (χ1v) is 13.9. The second-order valence-corrected chi connectivity index (χ2v) is 10.4. The molecule has 3 aliphatic rings. The van der Waals surface area contributed by atoms with E-state index in [1.54, 1.807) is 29.1 Å². The molecule has 4 unspecified atom stereocenters. The van der Waals surface area contributed by atoms with Crippen molar-refractivity contribution in [2.45, 2.75) is 49.7 Å². The maximum Gasteiger partial charge on any atom is 0.339 e. The summed E-state index contributed by atoms with van der Waals surface area (Å²) in [6, 6.07) is 16.0. The summed E-state index contributed by atoms with van der Waals surface area (Å²) in [7, 11) is 0. The molecule has 5 atom stereocenters. The maximum absolute atomic E-state index is 12.4. The molecule has 1 aliphatic carbocycles. The first-order chi connectivity index (χ1) is 21.0. The third kappa shape index (κ3) is 5.65. The Balaban J connectivity index is 1.15. The Morgan fingerprint density at radius 3 is 2.60 bits per heavy atom. The number of fused-ring (bicyclic) bond motifs is 2.